The van der Waals surface area contributed by atoms with E-state index in [1.165, 1.54) is 44.5 Å². The number of nitrogens with one attached hydrogen (secondary N) is 2. The molecule has 0 saturated carbocycles. The summed E-state index contributed by atoms with van der Waals surface area (Å²) in [6.07, 6.45) is 10.2. The fourth-order valence-corrected chi connectivity index (χ4v) is 2.17. The van der Waals surface area contributed by atoms with Crippen LogP contribution in [0, 0.1) is 5.92 Å². The van der Waals surface area contributed by atoms with Crippen molar-refractivity contribution in [3.63, 3.8) is 0 Å². The van der Waals surface area contributed by atoms with Crippen molar-refractivity contribution in [1.29, 1.82) is 0 Å². The molecule has 16 heavy (non-hydrogen) atoms. The molecule has 0 radical (unpaired) electrons. The highest BCUT2D eigenvalue weighted by molar-refractivity contribution is 8.93. The lowest BCUT2D eigenvalue weighted by Crippen LogP contribution is -2.29. The molecule has 1 atom stereocenters. The van der Waals surface area contributed by atoms with Gasteiger partial charge in [-0.15, -0.1) is 34.0 Å². The van der Waals surface area contributed by atoms with Crippen LogP contribution in [0.5, 0.6) is 0 Å². The van der Waals surface area contributed by atoms with Crippen molar-refractivity contribution >= 4 is 34.0 Å². The largest absolute Gasteiger partial charge is 0.348 e. The van der Waals surface area contributed by atoms with Crippen molar-refractivity contribution in [2.45, 2.75) is 32.1 Å². The van der Waals surface area contributed by atoms with Gasteiger partial charge in [-0.25, -0.2) is 4.98 Å². The third-order valence-electron chi connectivity index (χ3n) is 3.01. The van der Waals surface area contributed by atoms with Crippen molar-refractivity contribution in [2.75, 3.05) is 13.1 Å². The Hall–Kier alpha value is 0.130. The number of imidazole rings is 1. The van der Waals surface area contributed by atoms with E-state index in [2.05, 4.69) is 15.3 Å². The van der Waals surface area contributed by atoms with Crippen LogP contribution in [-0.4, -0.2) is 23.1 Å². The van der Waals surface area contributed by atoms with Crippen molar-refractivity contribution in [1.82, 2.24) is 15.3 Å². The van der Waals surface area contributed by atoms with Crippen molar-refractivity contribution in [3.8, 4) is 0 Å². The molecule has 1 aromatic rings. The van der Waals surface area contributed by atoms with Gasteiger partial charge in [0.15, 0.2) is 0 Å². The van der Waals surface area contributed by atoms with Gasteiger partial charge < -0.3 is 10.3 Å². The zero-order valence-corrected chi connectivity index (χ0v) is 12.9. The number of hydrogen-bond donors (Lipinski definition) is 2. The van der Waals surface area contributed by atoms with Crippen LogP contribution in [0.15, 0.2) is 12.5 Å². The maximum Gasteiger partial charge on any atom is 0.0921 e. The van der Waals surface area contributed by atoms with E-state index in [9.17, 15) is 0 Å². The maximum atomic E-state index is 4.02. The molecule has 0 aromatic carbocycles. The van der Waals surface area contributed by atoms with E-state index in [-0.39, 0.29) is 34.0 Å². The molecule has 1 aliphatic rings. The van der Waals surface area contributed by atoms with Gasteiger partial charge in [0, 0.05) is 11.9 Å². The molecule has 0 aliphatic carbocycles. The summed E-state index contributed by atoms with van der Waals surface area (Å²) in [5.41, 5.74) is 1.27. The van der Waals surface area contributed by atoms with Gasteiger partial charge in [0.25, 0.3) is 0 Å². The van der Waals surface area contributed by atoms with Crippen LogP contribution in [0.3, 0.4) is 0 Å². The standard InChI is InChI=1S/C11H19N3.2BrH/c1(5-11-8-13-9-14-11)3-10-4-2-6-12-7-10;;/h8-10,12H,1-7H2,(H,13,14);2*1H. The highest BCUT2D eigenvalue weighted by Crippen LogP contribution is 2.16. The normalized spacial score (nSPS) is 19.6. The fourth-order valence-electron chi connectivity index (χ4n) is 2.17. The Labute approximate surface area is 118 Å². The molecule has 2 heterocycles. The van der Waals surface area contributed by atoms with Crippen LogP contribution in [-0.2, 0) is 6.42 Å². The molecule has 2 N–H and O–H groups in total. The highest BCUT2D eigenvalue weighted by atomic mass is 79.9. The van der Waals surface area contributed by atoms with E-state index in [0.29, 0.717) is 0 Å². The van der Waals surface area contributed by atoms with Crippen molar-refractivity contribution in [3.05, 3.63) is 18.2 Å². The summed E-state index contributed by atoms with van der Waals surface area (Å²) in [6, 6.07) is 0. The summed E-state index contributed by atoms with van der Waals surface area (Å²) in [6.45, 7) is 2.44. The van der Waals surface area contributed by atoms with Gasteiger partial charge in [0.1, 0.15) is 0 Å². The highest BCUT2D eigenvalue weighted by Gasteiger charge is 2.11. The maximum absolute atomic E-state index is 4.02. The quantitative estimate of drug-likeness (QED) is 0.872. The van der Waals surface area contributed by atoms with Gasteiger partial charge >= 0.3 is 0 Å². The molecule has 0 amide bonds. The Bertz CT molecular complexity index is 246. The minimum atomic E-state index is 0. The molecule has 1 fully saturated rings. The van der Waals surface area contributed by atoms with E-state index in [4.69, 9.17) is 0 Å². The topological polar surface area (TPSA) is 40.7 Å². The Kier molecular flexibility index (Phi) is 9.26. The second kappa shape index (κ2) is 9.19. The number of rotatable bonds is 4. The molecule has 1 unspecified atom stereocenters. The van der Waals surface area contributed by atoms with Gasteiger partial charge in [-0.05, 0) is 51.1 Å². The van der Waals surface area contributed by atoms with E-state index in [1.54, 1.807) is 6.33 Å². The van der Waals surface area contributed by atoms with Gasteiger partial charge in [-0.3, -0.25) is 0 Å². The molecule has 2 rings (SSSR count). The van der Waals surface area contributed by atoms with Gasteiger partial charge in [-0.2, -0.15) is 0 Å². The lowest BCUT2D eigenvalue weighted by Gasteiger charge is -2.22. The Morgan fingerprint density at radius 1 is 1.38 bits per heavy atom. The number of nitrogens with zero attached hydrogens (tertiary/aromatic N) is 1. The second-order valence-corrected chi connectivity index (χ2v) is 4.18. The number of halogens is 2. The van der Waals surface area contributed by atoms with E-state index in [1.807, 2.05) is 6.20 Å². The molecule has 3 nitrogen and oxygen atoms in total. The number of hydrogen-bond acceptors (Lipinski definition) is 2. The summed E-state index contributed by atoms with van der Waals surface area (Å²) in [7, 11) is 0. The Morgan fingerprint density at radius 2 is 2.25 bits per heavy atom. The number of aromatic nitrogens is 2. The molecule has 0 bridgehead atoms. The lowest BCUT2D eigenvalue weighted by atomic mass is 9.94. The number of aromatic amines is 1. The predicted octanol–water partition coefficient (Wildman–Crippen LogP) is 2.89. The van der Waals surface area contributed by atoms with E-state index < -0.39 is 0 Å². The third kappa shape index (κ3) is 5.46. The number of H-pyrrole nitrogens is 1. The van der Waals surface area contributed by atoms with Gasteiger partial charge in [0.05, 0.1) is 6.33 Å². The number of piperidine rings is 1. The first-order valence-electron chi connectivity index (χ1n) is 5.63. The minimum absolute atomic E-state index is 0. The van der Waals surface area contributed by atoms with E-state index in [0.717, 1.165) is 12.3 Å². The molecular formula is C11H21Br2N3. The minimum Gasteiger partial charge on any atom is -0.348 e. The first kappa shape index (κ1) is 16.1. The van der Waals surface area contributed by atoms with Crippen LogP contribution in [0.25, 0.3) is 0 Å². The van der Waals surface area contributed by atoms with E-state index >= 15 is 0 Å². The third-order valence-corrected chi connectivity index (χ3v) is 3.01. The smallest absolute Gasteiger partial charge is 0.0921 e. The van der Waals surface area contributed by atoms with Crippen LogP contribution >= 0.6 is 34.0 Å². The van der Waals surface area contributed by atoms with Crippen LogP contribution in [0.4, 0.5) is 0 Å². The summed E-state index contributed by atoms with van der Waals surface area (Å²) < 4.78 is 0. The van der Waals surface area contributed by atoms with Crippen LogP contribution in [0.1, 0.15) is 31.4 Å². The molecular weight excluding hydrogens is 334 g/mol. The number of aryl methyl sites for hydroxylation is 1. The molecule has 1 aromatic heterocycles. The fraction of sp³-hybridized carbons (Fsp3) is 0.727. The first-order chi connectivity index (χ1) is 6.95. The Morgan fingerprint density at radius 3 is 2.88 bits per heavy atom. The zero-order chi connectivity index (χ0) is 9.64. The molecule has 1 saturated heterocycles. The molecule has 0 spiro atoms. The molecule has 94 valence electrons. The van der Waals surface area contributed by atoms with Gasteiger partial charge in [0.2, 0.25) is 0 Å². The predicted molar refractivity (Wildman–Crippen MR) is 77.8 cm³/mol. The summed E-state index contributed by atoms with van der Waals surface area (Å²) in [5, 5.41) is 3.46. The Balaban J connectivity index is 0.00000112. The average Bonchev–Trinajstić information content (AvgIpc) is 2.72. The summed E-state index contributed by atoms with van der Waals surface area (Å²) >= 11 is 0. The second-order valence-electron chi connectivity index (χ2n) is 4.18. The van der Waals surface area contributed by atoms with Crippen molar-refractivity contribution < 1.29 is 0 Å². The zero-order valence-electron chi connectivity index (χ0n) is 9.45. The molecule has 1 aliphatic heterocycles. The summed E-state index contributed by atoms with van der Waals surface area (Å²) in [5.74, 6) is 0.909. The lowest BCUT2D eigenvalue weighted by molar-refractivity contribution is 0.350. The summed E-state index contributed by atoms with van der Waals surface area (Å²) in [4.78, 5) is 7.17. The van der Waals surface area contributed by atoms with Gasteiger partial charge in [-0.1, -0.05) is 0 Å². The monoisotopic (exact) mass is 353 g/mol. The van der Waals surface area contributed by atoms with Crippen LogP contribution < -0.4 is 5.32 Å². The average molecular weight is 355 g/mol. The van der Waals surface area contributed by atoms with Crippen molar-refractivity contribution in [2.24, 2.45) is 5.92 Å². The molecule has 5 heteroatoms. The van der Waals surface area contributed by atoms with Crippen LogP contribution in [0.2, 0.25) is 0 Å². The first-order valence-corrected chi connectivity index (χ1v) is 5.63. The SMILES string of the molecule is Br.Br.c1ncc(CCCC2CCCNC2)[nH]1.